The van der Waals surface area contributed by atoms with Gasteiger partial charge in [-0.05, 0) is 74.7 Å². The summed E-state index contributed by atoms with van der Waals surface area (Å²) < 4.78 is 51.0. The van der Waals surface area contributed by atoms with Crippen molar-refractivity contribution in [3.05, 3.63) is 53.3 Å². The number of nitrogens with zero attached hydrogens (tertiary/aromatic N) is 3. The van der Waals surface area contributed by atoms with Crippen molar-refractivity contribution < 1.29 is 17.3 Å². The van der Waals surface area contributed by atoms with E-state index >= 15 is 0 Å². The third-order valence-corrected chi connectivity index (χ3v) is 8.20. The van der Waals surface area contributed by atoms with Crippen molar-refractivity contribution in [3.8, 4) is 0 Å². The lowest BCUT2D eigenvalue weighted by Crippen LogP contribution is -2.35. The molecule has 32 heavy (non-hydrogen) atoms. The molecule has 168 valence electrons. The Labute approximate surface area is 189 Å². The second-order valence-corrected chi connectivity index (χ2v) is 10.4. The molecule has 1 aliphatic heterocycles. The van der Waals surface area contributed by atoms with Crippen LogP contribution in [0.2, 0.25) is 0 Å². The summed E-state index contributed by atoms with van der Waals surface area (Å²) >= 11 is 1.25. The molecule has 0 spiro atoms. The number of rotatable bonds is 7. The number of benzene rings is 2. The van der Waals surface area contributed by atoms with Gasteiger partial charge in [0.15, 0.2) is 5.58 Å². The minimum Gasteiger partial charge on any atom is -0.356 e. The van der Waals surface area contributed by atoms with Crippen molar-refractivity contribution in [1.82, 2.24) is 19.2 Å². The molecule has 1 fully saturated rings. The Hall–Kier alpha value is -2.40. The molecule has 7 nitrogen and oxygen atoms in total. The third kappa shape index (κ3) is 4.27. The Bertz CT molecular complexity index is 1340. The molecule has 0 amide bonds. The summed E-state index contributed by atoms with van der Waals surface area (Å²) in [5.41, 5.74) is 2.10. The van der Waals surface area contributed by atoms with Crippen molar-refractivity contribution >= 4 is 43.4 Å². The van der Waals surface area contributed by atoms with Crippen molar-refractivity contribution in [1.29, 1.82) is 0 Å². The van der Waals surface area contributed by atoms with E-state index in [1.165, 1.54) is 23.7 Å². The lowest BCUT2D eigenvalue weighted by Gasteiger charge is -2.31. The number of likely N-dealkylation sites (tertiary alicyclic amines) is 1. The molecule has 0 radical (unpaired) electrons. The van der Waals surface area contributed by atoms with E-state index in [-0.39, 0.29) is 16.6 Å². The van der Waals surface area contributed by atoms with Crippen LogP contribution in [-0.2, 0) is 10.0 Å². The van der Waals surface area contributed by atoms with E-state index in [4.69, 9.17) is 4.52 Å². The number of hydrogen-bond donors (Lipinski definition) is 1. The molecule has 10 heteroatoms. The molecule has 2 aromatic carbocycles. The van der Waals surface area contributed by atoms with E-state index in [1.54, 1.807) is 23.6 Å². The van der Waals surface area contributed by atoms with Gasteiger partial charge in [0.1, 0.15) is 5.82 Å². The van der Waals surface area contributed by atoms with Gasteiger partial charge in [-0.1, -0.05) is 11.2 Å². The van der Waals surface area contributed by atoms with Crippen molar-refractivity contribution in [2.45, 2.75) is 30.1 Å². The Kier molecular flexibility index (Phi) is 5.93. The highest BCUT2D eigenvalue weighted by Crippen LogP contribution is 2.32. The summed E-state index contributed by atoms with van der Waals surface area (Å²) in [6, 6.07) is 9.70. The van der Waals surface area contributed by atoms with E-state index in [9.17, 15) is 12.8 Å². The number of fused-ring (bicyclic) bond motifs is 2. The number of halogens is 1. The van der Waals surface area contributed by atoms with Crippen LogP contribution < -0.4 is 4.72 Å². The number of nitrogens with one attached hydrogen (secondary N) is 1. The second-order valence-electron chi connectivity index (χ2n) is 8.08. The molecular formula is C22H23FN4O3S2. The summed E-state index contributed by atoms with van der Waals surface area (Å²) in [7, 11) is -3.57. The smallest absolute Gasteiger partial charge is 0.241 e. The first-order valence-corrected chi connectivity index (χ1v) is 12.9. The molecule has 0 unspecified atom stereocenters. The third-order valence-electron chi connectivity index (χ3n) is 6.03. The van der Waals surface area contributed by atoms with Gasteiger partial charge in [-0.15, -0.1) is 0 Å². The van der Waals surface area contributed by atoms with Gasteiger partial charge in [0.25, 0.3) is 0 Å². The number of piperidine rings is 1. The summed E-state index contributed by atoms with van der Waals surface area (Å²) in [4.78, 5) is 2.63. The molecule has 1 saturated heterocycles. The number of sulfonamides is 1. The van der Waals surface area contributed by atoms with Gasteiger partial charge in [0.05, 0.1) is 16.1 Å². The summed E-state index contributed by atoms with van der Waals surface area (Å²) in [6.07, 6.45) is 2.61. The highest BCUT2D eigenvalue weighted by Gasteiger charge is 2.25. The summed E-state index contributed by atoms with van der Waals surface area (Å²) in [5, 5.41) is 7.51. The molecule has 0 saturated carbocycles. The zero-order valence-electron chi connectivity index (χ0n) is 17.3. The quantitative estimate of drug-likeness (QED) is 0.405. The maximum atomic E-state index is 13.4. The van der Waals surface area contributed by atoms with Gasteiger partial charge >= 0.3 is 0 Å². The van der Waals surface area contributed by atoms with E-state index in [0.29, 0.717) is 23.0 Å². The Morgan fingerprint density at radius 2 is 2.03 bits per heavy atom. The Morgan fingerprint density at radius 1 is 1.19 bits per heavy atom. The second kappa shape index (κ2) is 8.86. The lowest BCUT2D eigenvalue weighted by molar-refractivity contribution is 0.208. The van der Waals surface area contributed by atoms with Crippen LogP contribution in [0.15, 0.2) is 51.2 Å². The maximum absolute atomic E-state index is 13.4. The fourth-order valence-electron chi connectivity index (χ4n) is 4.34. The molecule has 1 N–H and O–H groups in total. The fourth-order valence-corrected chi connectivity index (χ4v) is 6.38. The van der Waals surface area contributed by atoms with Crippen LogP contribution in [0.25, 0.3) is 21.9 Å². The van der Waals surface area contributed by atoms with Gasteiger partial charge in [0, 0.05) is 34.7 Å². The SMILES string of the molecule is O=S(=O)(NCCCN1CCC(c2noc3cc(F)ccc23)CC1)c1cccc2nscc12. The summed E-state index contributed by atoms with van der Waals surface area (Å²) in [6.45, 7) is 3.03. The largest absolute Gasteiger partial charge is 0.356 e. The predicted octanol–water partition coefficient (Wildman–Crippen LogP) is 4.12. The zero-order valence-corrected chi connectivity index (χ0v) is 19.0. The van der Waals surface area contributed by atoms with Crippen LogP contribution in [0, 0.1) is 5.82 Å². The van der Waals surface area contributed by atoms with E-state index in [0.717, 1.165) is 50.0 Å². The van der Waals surface area contributed by atoms with Gasteiger partial charge in [0.2, 0.25) is 10.0 Å². The first kappa shape index (κ1) is 21.4. The molecule has 2 aromatic heterocycles. The first-order valence-electron chi connectivity index (χ1n) is 10.6. The predicted molar refractivity (Wildman–Crippen MR) is 122 cm³/mol. The normalized spacial score (nSPS) is 16.3. The molecule has 0 bridgehead atoms. The van der Waals surface area contributed by atoms with Crippen LogP contribution in [0.4, 0.5) is 4.39 Å². The lowest BCUT2D eigenvalue weighted by atomic mass is 9.91. The average Bonchev–Trinajstić information content (AvgIpc) is 3.43. The highest BCUT2D eigenvalue weighted by molar-refractivity contribution is 7.89. The molecule has 1 aliphatic rings. The number of hydrogen-bond acceptors (Lipinski definition) is 7. The minimum absolute atomic E-state index is 0.282. The Morgan fingerprint density at radius 3 is 2.88 bits per heavy atom. The van der Waals surface area contributed by atoms with Crippen molar-refractivity contribution in [2.75, 3.05) is 26.2 Å². The van der Waals surface area contributed by atoms with E-state index < -0.39 is 10.0 Å². The maximum Gasteiger partial charge on any atom is 0.241 e. The number of aromatic nitrogens is 2. The summed E-state index contributed by atoms with van der Waals surface area (Å²) in [5.74, 6) is -0.0366. The van der Waals surface area contributed by atoms with Crippen LogP contribution in [0.3, 0.4) is 0 Å². The van der Waals surface area contributed by atoms with Crippen molar-refractivity contribution in [2.24, 2.45) is 0 Å². The van der Waals surface area contributed by atoms with Gasteiger partial charge < -0.3 is 9.42 Å². The molecule has 5 rings (SSSR count). The highest BCUT2D eigenvalue weighted by atomic mass is 32.2. The topological polar surface area (TPSA) is 88.3 Å². The first-order chi connectivity index (χ1) is 15.5. The average molecular weight is 475 g/mol. The van der Waals surface area contributed by atoms with Gasteiger partial charge in [-0.3, -0.25) is 0 Å². The van der Waals surface area contributed by atoms with Crippen LogP contribution in [0.5, 0.6) is 0 Å². The minimum atomic E-state index is -3.57. The van der Waals surface area contributed by atoms with Crippen molar-refractivity contribution in [3.63, 3.8) is 0 Å². The zero-order chi connectivity index (χ0) is 22.1. The molecule has 0 atom stereocenters. The van der Waals surface area contributed by atoms with E-state index in [1.807, 2.05) is 6.07 Å². The van der Waals surface area contributed by atoms with E-state index in [2.05, 4.69) is 19.2 Å². The van der Waals surface area contributed by atoms with Gasteiger partial charge in [-0.25, -0.2) is 17.5 Å². The fraction of sp³-hybridized carbons (Fsp3) is 0.364. The molecule has 4 aromatic rings. The van der Waals surface area contributed by atoms with Crippen LogP contribution >= 0.6 is 11.5 Å². The standard InChI is InChI=1S/C22H23FN4O3S2/c23-16-5-6-17-20(13-16)30-25-22(17)15-7-11-27(12-8-15)10-2-9-24-32(28,29)21-4-1-3-19-18(21)14-31-26-19/h1,3-6,13-15,24H,2,7-12H2. The monoisotopic (exact) mass is 474 g/mol. The van der Waals surface area contributed by atoms with Crippen LogP contribution in [-0.4, -0.2) is 49.0 Å². The molecular weight excluding hydrogens is 451 g/mol. The van der Waals surface area contributed by atoms with Gasteiger partial charge in [-0.2, -0.15) is 4.37 Å². The molecule has 3 heterocycles. The molecule has 0 aliphatic carbocycles. The van der Waals surface area contributed by atoms with Crippen LogP contribution in [0.1, 0.15) is 30.9 Å². The Balaban J connectivity index is 1.12.